The van der Waals surface area contributed by atoms with Crippen LogP contribution in [0.4, 0.5) is 0 Å². The second-order valence-electron chi connectivity index (χ2n) is 16.7. The predicted molar refractivity (Wildman–Crippen MR) is 247 cm³/mol. The fourth-order valence-electron chi connectivity index (χ4n) is 9.07. The molecule has 0 radical (unpaired) electrons. The van der Waals surface area contributed by atoms with Crippen LogP contribution < -0.4 is 5.32 Å². The predicted octanol–water partition coefficient (Wildman–Crippen LogP) is 7.66. The maximum atomic E-state index is 14.0. The Morgan fingerprint density at radius 1 is 0.758 bits per heavy atom. The van der Waals surface area contributed by atoms with Crippen molar-refractivity contribution in [1.29, 1.82) is 0 Å². The normalized spacial score (nSPS) is 19.5. The smallest absolute Gasteiger partial charge is 0.245 e. The molecular weight excluding hydrogens is 795 g/mol. The highest BCUT2D eigenvalue weighted by atomic mass is 32.2. The van der Waals surface area contributed by atoms with E-state index in [-0.39, 0.29) is 41.4 Å². The third-order valence-corrected chi connectivity index (χ3v) is 13.6. The lowest BCUT2D eigenvalue weighted by molar-refractivity contribution is -0.137. The fourth-order valence-corrected chi connectivity index (χ4v) is 10.5. The molecule has 0 saturated carbocycles. The first-order valence-electron chi connectivity index (χ1n) is 21.4. The third-order valence-electron chi connectivity index (χ3n) is 12.3. The van der Waals surface area contributed by atoms with Crippen molar-refractivity contribution in [3.05, 3.63) is 144 Å². The minimum absolute atomic E-state index is 0.0123. The van der Waals surface area contributed by atoms with E-state index in [1.54, 1.807) is 18.8 Å². The van der Waals surface area contributed by atoms with Gasteiger partial charge in [0.05, 0.1) is 47.3 Å². The number of carbonyl (C=O) groups excluding carboxylic acids is 2. The number of H-pyrrole nitrogens is 2. The van der Waals surface area contributed by atoms with Crippen molar-refractivity contribution >= 4 is 23.6 Å². The molecule has 2 aromatic heterocycles. The first-order chi connectivity index (χ1) is 30.1. The van der Waals surface area contributed by atoms with Gasteiger partial charge in [0.2, 0.25) is 11.8 Å². The number of hydrogen-bond acceptors (Lipinski definition) is 9. The van der Waals surface area contributed by atoms with E-state index in [0.717, 1.165) is 75.0 Å². The van der Waals surface area contributed by atoms with Crippen LogP contribution in [-0.2, 0) is 9.59 Å². The number of rotatable bonds is 15. The van der Waals surface area contributed by atoms with Crippen LogP contribution >= 0.6 is 11.8 Å². The van der Waals surface area contributed by atoms with Gasteiger partial charge in [-0.3, -0.25) is 24.3 Å². The van der Waals surface area contributed by atoms with Crippen molar-refractivity contribution in [2.45, 2.75) is 61.5 Å². The van der Waals surface area contributed by atoms with Crippen LogP contribution in [0.2, 0.25) is 0 Å². The van der Waals surface area contributed by atoms with Crippen molar-refractivity contribution in [3.8, 4) is 33.6 Å². The van der Waals surface area contributed by atoms with Crippen molar-refractivity contribution in [2.24, 2.45) is 0 Å². The second-order valence-corrected chi connectivity index (χ2v) is 17.9. The van der Waals surface area contributed by atoms with Gasteiger partial charge in [-0.15, -0.1) is 11.8 Å². The number of aliphatic hydroxyl groups is 1. The Balaban J connectivity index is 0.954. The van der Waals surface area contributed by atoms with Gasteiger partial charge in [-0.05, 0) is 80.8 Å². The number of aliphatic hydroxyl groups excluding tert-OH is 1. The first kappa shape index (κ1) is 43.1. The largest absolute Gasteiger partial charge is 0.376 e. The lowest BCUT2D eigenvalue weighted by Crippen LogP contribution is -2.48. The molecule has 0 bridgehead atoms. The van der Waals surface area contributed by atoms with Gasteiger partial charge in [-0.25, -0.2) is 9.97 Å². The zero-order chi connectivity index (χ0) is 43.3. The number of aromatic amines is 2. The number of likely N-dealkylation sites (N-methyl/N-ethyl adjacent to an activating group) is 2. The molecule has 2 aliphatic rings. The molecule has 4 heterocycles. The number of likely N-dealkylation sites (tertiary alicyclic amines) is 1. The summed E-state index contributed by atoms with van der Waals surface area (Å²) in [5.41, 5.74) is 8.06. The molecule has 2 fully saturated rings. The lowest BCUT2D eigenvalue weighted by atomic mass is 10.0. The summed E-state index contributed by atoms with van der Waals surface area (Å²) in [6.45, 7) is 0.711. The van der Waals surface area contributed by atoms with E-state index in [1.165, 1.54) is 0 Å². The van der Waals surface area contributed by atoms with Gasteiger partial charge >= 0.3 is 0 Å². The number of thioether (sulfide) groups is 1. The number of aromatic nitrogens is 4. The zero-order valence-electron chi connectivity index (χ0n) is 36.1. The molecule has 12 nitrogen and oxygen atoms in total. The number of amides is 2. The molecular formula is C49H57N9O3S. The molecule has 0 aliphatic carbocycles. The molecule has 13 heteroatoms. The summed E-state index contributed by atoms with van der Waals surface area (Å²) >= 11 is 1.76. The summed E-state index contributed by atoms with van der Waals surface area (Å²) in [6.07, 6.45) is 5.70. The number of imidazole rings is 2. The van der Waals surface area contributed by atoms with Gasteiger partial charge in [-0.2, -0.15) is 0 Å². The van der Waals surface area contributed by atoms with E-state index in [9.17, 15) is 14.7 Å². The molecule has 4 aromatic carbocycles. The molecule has 8 rings (SSSR count). The Morgan fingerprint density at radius 3 is 1.82 bits per heavy atom. The molecule has 6 aromatic rings. The average molecular weight is 852 g/mol. The van der Waals surface area contributed by atoms with E-state index in [4.69, 9.17) is 9.97 Å². The minimum Gasteiger partial charge on any atom is -0.376 e. The van der Waals surface area contributed by atoms with E-state index in [1.807, 2.05) is 111 Å². The number of nitrogens with zero attached hydrogens (tertiary/aromatic N) is 6. The molecule has 2 amide bonds. The quantitative estimate of drug-likeness (QED) is 0.0821. The molecule has 0 spiro atoms. The SMILES string of the molecule is CNC(=O)CCC1SC[C@@H](c2ncc(-c3ccc(-c4ccc(-c5cnc([C@@H]6CCCN6C(=O)[C@@H](c6ccccc6)N(C)C)[nH]5)cc4)cc3)[nH]2)N1C(O)C(c1ccccc1)N(C)C. The summed E-state index contributed by atoms with van der Waals surface area (Å²) in [5.74, 6) is 2.43. The fraction of sp³-hybridized carbons (Fsp3) is 0.347. The second kappa shape index (κ2) is 19.2. The number of hydrogen-bond donors (Lipinski definition) is 4. The summed E-state index contributed by atoms with van der Waals surface area (Å²) < 4.78 is 0. The highest BCUT2D eigenvalue weighted by Crippen LogP contribution is 2.44. The standard InChI is InChI=1S/C49H57N9O3S/c1-50-42(59)26-27-43-58(49(61)45(56(4)5)37-15-10-7-11-16-37)41(31-62-43)47-52-30-39(54-47)35-24-20-33(21-25-35)32-18-22-34(23-19-32)38-29-51-46(53-38)40-17-12-28-57(40)48(60)44(55(2)3)36-13-8-6-9-14-36/h6-11,13-16,18-25,29-30,40-41,43-45,49,61H,12,17,26-28,31H2,1-5H3,(H,50,59)(H,51,53)(H,52,54)/t40-,41-,43?,44+,45?,49?/m0/s1. The van der Waals surface area contributed by atoms with Crippen LogP contribution in [0.3, 0.4) is 0 Å². The van der Waals surface area contributed by atoms with Crippen LogP contribution in [0.1, 0.15) is 72.6 Å². The highest BCUT2D eigenvalue weighted by molar-refractivity contribution is 8.00. The molecule has 2 saturated heterocycles. The summed E-state index contributed by atoms with van der Waals surface area (Å²) in [7, 11) is 9.54. The van der Waals surface area contributed by atoms with Crippen molar-refractivity contribution in [2.75, 3.05) is 47.5 Å². The Kier molecular flexibility index (Phi) is 13.4. The first-order valence-corrected chi connectivity index (χ1v) is 22.5. The number of carbonyl (C=O) groups is 2. The van der Waals surface area contributed by atoms with Gasteiger partial charge in [0.15, 0.2) is 0 Å². The van der Waals surface area contributed by atoms with Crippen LogP contribution in [0.25, 0.3) is 33.6 Å². The lowest BCUT2D eigenvalue weighted by Gasteiger charge is -2.39. The molecule has 3 unspecified atom stereocenters. The van der Waals surface area contributed by atoms with E-state index < -0.39 is 6.23 Å². The van der Waals surface area contributed by atoms with Crippen molar-refractivity contribution in [1.82, 2.24) is 44.9 Å². The zero-order valence-corrected chi connectivity index (χ0v) is 36.9. The number of nitrogens with one attached hydrogen (secondary N) is 3. The Labute approximate surface area is 368 Å². The molecule has 62 heavy (non-hydrogen) atoms. The van der Waals surface area contributed by atoms with Gasteiger partial charge < -0.3 is 25.3 Å². The topological polar surface area (TPSA) is 137 Å². The Bertz CT molecular complexity index is 2400. The van der Waals surface area contributed by atoms with Gasteiger partial charge in [0.25, 0.3) is 0 Å². The van der Waals surface area contributed by atoms with Gasteiger partial charge in [0, 0.05) is 25.8 Å². The van der Waals surface area contributed by atoms with E-state index in [0.29, 0.717) is 19.4 Å². The minimum atomic E-state index is -0.841. The van der Waals surface area contributed by atoms with Gasteiger partial charge in [0.1, 0.15) is 23.9 Å². The summed E-state index contributed by atoms with van der Waals surface area (Å²) in [5, 5.41) is 14.8. The molecule has 2 aliphatic heterocycles. The van der Waals surface area contributed by atoms with Crippen molar-refractivity contribution < 1.29 is 14.7 Å². The molecule has 322 valence electrons. The summed E-state index contributed by atoms with van der Waals surface area (Å²) in [6, 6.07) is 36.1. The monoisotopic (exact) mass is 851 g/mol. The van der Waals surface area contributed by atoms with Crippen LogP contribution in [0, 0.1) is 0 Å². The molecule has 6 atom stereocenters. The van der Waals surface area contributed by atoms with Gasteiger partial charge in [-0.1, -0.05) is 109 Å². The maximum absolute atomic E-state index is 14.0. The van der Waals surface area contributed by atoms with E-state index >= 15 is 0 Å². The van der Waals surface area contributed by atoms with E-state index in [2.05, 4.69) is 73.6 Å². The summed E-state index contributed by atoms with van der Waals surface area (Å²) in [4.78, 5) is 51.2. The van der Waals surface area contributed by atoms with Crippen LogP contribution in [0.5, 0.6) is 0 Å². The Morgan fingerprint density at radius 2 is 1.29 bits per heavy atom. The van der Waals surface area contributed by atoms with Crippen LogP contribution in [-0.4, -0.2) is 116 Å². The Hall–Kier alpha value is -5.57. The maximum Gasteiger partial charge on any atom is 0.245 e. The number of benzene rings is 4. The molecule has 4 N–H and O–H groups in total. The highest BCUT2D eigenvalue weighted by Gasteiger charge is 2.44. The van der Waals surface area contributed by atoms with Crippen LogP contribution in [0.15, 0.2) is 122 Å². The average Bonchev–Trinajstić information content (AvgIpc) is 4.13. The van der Waals surface area contributed by atoms with Crippen molar-refractivity contribution in [3.63, 3.8) is 0 Å². The third kappa shape index (κ3) is 9.13.